The van der Waals surface area contributed by atoms with Crippen LogP contribution in [0.3, 0.4) is 0 Å². The normalized spacial score (nSPS) is 19.4. The third-order valence-electron chi connectivity index (χ3n) is 6.74. The van der Waals surface area contributed by atoms with Crippen LogP contribution < -0.4 is 15.0 Å². The van der Waals surface area contributed by atoms with Gasteiger partial charge in [0.1, 0.15) is 5.75 Å². The van der Waals surface area contributed by atoms with Crippen molar-refractivity contribution >= 4 is 17.5 Å². The molecule has 0 bridgehead atoms. The largest absolute Gasteiger partial charge is 0.496 e. The zero-order valence-electron chi connectivity index (χ0n) is 19.8. The van der Waals surface area contributed by atoms with Crippen molar-refractivity contribution < 1.29 is 14.3 Å². The first-order chi connectivity index (χ1) is 16.0. The molecular weight excluding hydrogens is 416 g/mol. The van der Waals surface area contributed by atoms with Gasteiger partial charge in [-0.1, -0.05) is 30.3 Å². The van der Waals surface area contributed by atoms with Gasteiger partial charge in [-0.2, -0.15) is 0 Å². The summed E-state index contributed by atoms with van der Waals surface area (Å²) in [6.45, 7) is 9.08. The summed E-state index contributed by atoms with van der Waals surface area (Å²) in [5.74, 6) is 0.850. The molecule has 2 aromatic carbocycles. The summed E-state index contributed by atoms with van der Waals surface area (Å²) in [5.41, 5.74) is 4.67. The second-order valence-electron chi connectivity index (χ2n) is 8.94. The van der Waals surface area contributed by atoms with Crippen LogP contribution in [0.4, 0.5) is 5.69 Å². The molecular formula is C26H34N4O3. The van der Waals surface area contributed by atoms with E-state index >= 15 is 0 Å². The van der Waals surface area contributed by atoms with Gasteiger partial charge in [-0.15, -0.1) is 0 Å². The number of rotatable bonds is 6. The highest BCUT2D eigenvalue weighted by atomic mass is 16.5. The zero-order valence-corrected chi connectivity index (χ0v) is 19.8. The van der Waals surface area contributed by atoms with Gasteiger partial charge in [-0.3, -0.25) is 14.5 Å². The van der Waals surface area contributed by atoms with Crippen LogP contribution in [0.15, 0.2) is 42.5 Å². The molecule has 2 heterocycles. The van der Waals surface area contributed by atoms with Gasteiger partial charge >= 0.3 is 0 Å². The molecule has 1 N–H and O–H groups in total. The van der Waals surface area contributed by atoms with Crippen molar-refractivity contribution in [2.75, 3.05) is 51.3 Å². The summed E-state index contributed by atoms with van der Waals surface area (Å²) in [7, 11) is 1.67. The second-order valence-corrected chi connectivity index (χ2v) is 8.94. The van der Waals surface area contributed by atoms with E-state index in [2.05, 4.69) is 46.3 Å². The molecule has 0 aromatic heterocycles. The number of hydrogen-bond donors (Lipinski definition) is 1. The maximum atomic E-state index is 13.1. The minimum atomic E-state index is -0.442. The van der Waals surface area contributed by atoms with E-state index in [9.17, 15) is 9.59 Å². The van der Waals surface area contributed by atoms with Gasteiger partial charge in [0.15, 0.2) is 0 Å². The number of aryl methyl sites for hydroxylation is 2. The Kier molecular flexibility index (Phi) is 7.18. The second kappa shape index (κ2) is 10.3. The van der Waals surface area contributed by atoms with Crippen LogP contribution in [-0.4, -0.2) is 74.0 Å². The van der Waals surface area contributed by atoms with Crippen molar-refractivity contribution in [1.29, 1.82) is 0 Å². The van der Waals surface area contributed by atoms with Gasteiger partial charge < -0.3 is 19.9 Å². The van der Waals surface area contributed by atoms with E-state index in [0.717, 1.165) is 36.5 Å². The molecule has 2 aliphatic heterocycles. The van der Waals surface area contributed by atoms with Crippen molar-refractivity contribution in [1.82, 2.24) is 15.1 Å². The molecule has 0 spiro atoms. The van der Waals surface area contributed by atoms with Gasteiger partial charge in [-0.25, -0.2) is 0 Å². The Hall–Kier alpha value is -3.06. The molecule has 0 unspecified atom stereocenters. The molecule has 176 valence electrons. The van der Waals surface area contributed by atoms with Crippen LogP contribution in [0.1, 0.15) is 23.1 Å². The molecule has 0 saturated carbocycles. The van der Waals surface area contributed by atoms with Crippen LogP contribution in [-0.2, 0) is 16.1 Å². The maximum Gasteiger partial charge on any atom is 0.237 e. The van der Waals surface area contributed by atoms with Gasteiger partial charge in [-0.05, 0) is 42.7 Å². The molecule has 4 rings (SSSR count). The number of methoxy groups -OCH3 is 1. The molecule has 2 aliphatic rings. The number of nitrogens with zero attached hydrogens (tertiary/aromatic N) is 3. The highest BCUT2D eigenvalue weighted by molar-refractivity contribution is 5.89. The number of amides is 2. The molecule has 2 fully saturated rings. The number of ether oxygens (including phenoxy) is 1. The van der Waals surface area contributed by atoms with E-state index in [1.165, 1.54) is 11.3 Å². The Bertz CT molecular complexity index is 1000. The van der Waals surface area contributed by atoms with Crippen molar-refractivity contribution in [3.8, 4) is 5.75 Å². The van der Waals surface area contributed by atoms with E-state index < -0.39 is 6.04 Å². The molecule has 7 heteroatoms. The van der Waals surface area contributed by atoms with Gasteiger partial charge in [0.25, 0.3) is 0 Å². The average molecular weight is 451 g/mol. The first-order valence-electron chi connectivity index (χ1n) is 11.7. The molecule has 2 aromatic rings. The summed E-state index contributed by atoms with van der Waals surface area (Å²) in [6, 6.07) is 14.0. The number of carbonyl (C=O) groups is 2. The van der Waals surface area contributed by atoms with Crippen LogP contribution in [0.25, 0.3) is 0 Å². The van der Waals surface area contributed by atoms with Gasteiger partial charge in [0, 0.05) is 51.5 Å². The number of nitrogens with one attached hydrogen (secondary N) is 1. The lowest BCUT2D eigenvalue weighted by Crippen LogP contribution is -2.57. The van der Waals surface area contributed by atoms with Crippen LogP contribution in [0.5, 0.6) is 5.75 Å². The Morgan fingerprint density at radius 2 is 1.79 bits per heavy atom. The van der Waals surface area contributed by atoms with Gasteiger partial charge in [0.05, 0.1) is 19.6 Å². The quantitative estimate of drug-likeness (QED) is 0.732. The van der Waals surface area contributed by atoms with E-state index in [-0.39, 0.29) is 18.2 Å². The van der Waals surface area contributed by atoms with E-state index in [4.69, 9.17) is 4.74 Å². The summed E-state index contributed by atoms with van der Waals surface area (Å²) in [5, 5.41) is 2.94. The summed E-state index contributed by atoms with van der Waals surface area (Å²) < 4.78 is 5.36. The van der Waals surface area contributed by atoms with Crippen LogP contribution in [0.2, 0.25) is 0 Å². The smallest absolute Gasteiger partial charge is 0.237 e. The fraction of sp³-hybridized carbons (Fsp3) is 0.462. The third-order valence-corrected chi connectivity index (χ3v) is 6.74. The Morgan fingerprint density at radius 1 is 1.03 bits per heavy atom. The highest BCUT2D eigenvalue weighted by Gasteiger charge is 2.33. The lowest BCUT2D eigenvalue weighted by Gasteiger charge is -2.39. The lowest BCUT2D eigenvalue weighted by atomic mass is 10.0. The lowest BCUT2D eigenvalue weighted by molar-refractivity contribution is -0.139. The molecule has 0 radical (unpaired) electrons. The molecule has 2 saturated heterocycles. The number of benzene rings is 2. The Morgan fingerprint density at radius 3 is 2.48 bits per heavy atom. The number of hydrogen-bond acceptors (Lipinski definition) is 5. The number of anilines is 1. The fourth-order valence-corrected chi connectivity index (χ4v) is 4.86. The maximum absolute atomic E-state index is 13.1. The number of para-hydroxylation sites is 1. The Balaban J connectivity index is 1.37. The topological polar surface area (TPSA) is 65.1 Å². The first-order valence-corrected chi connectivity index (χ1v) is 11.7. The monoisotopic (exact) mass is 450 g/mol. The van der Waals surface area contributed by atoms with E-state index in [0.29, 0.717) is 26.2 Å². The summed E-state index contributed by atoms with van der Waals surface area (Å²) in [6.07, 6.45) is 0.214. The molecule has 7 nitrogen and oxygen atoms in total. The van der Waals surface area contributed by atoms with Gasteiger partial charge in [0.2, 0.25) is 11.8 Å². The van der Waals surface area contributed by atoms with Crippen molar-refractivity contribution in [3.63, 3.8) is 0 Å². The third kappa shape index (κ3) is 5.30. The molecule has 33 heavy (non-hydrogen) atoms. The highest BCUT2D eigenvalue weighted by Crippen LogP contribution is 2.23. The summed E-state index contributed by atoms with van der Waals surface area (Å²) >= 11 is 0. The average Bonchev–Trinajstić information content (AvgIpc) is 2.82. The molecule has 2 amide bonds. The zero-order chi connectivity index (χ0) is 23.4. The summed E-state index contributed by atoms with van der Waals surface area (Å²) in [4.78, 5) is 32.2. The standard InChI is InChI=1S/C26H34N4O3/c1-19-6-4-5-7-22(19)28-12-14-29(15-13-28)25(31)17-23-26(32)27-10-11-30(23)18-21-8-9-24(33-3)20(2)16-21/h4-9,16,23H,10-15,17-18H2,1-3H3,(H,27,32)/t23-/m0/s1. The van der Waals surface area contributed by atoms with E-state index in [1.54, 1.807) is 7.11 Å². The first kappa shape index (κ1) is 23.1. The number of piperazine rings is 2. The van der Waals surface area contributed by atoms with Crippen molar-refractivity contribution in [2.24, 2.45) is 0 Å². The molecule has 1 atom stereocenters. The van der Waals surface area contributed by atoms with Crippen LogP contribution in [0, 0.1) is 13.8 Å². The number of carbonyl (C=O) groups excluding carboxylic acids is 2. The predicted octanol–water partition coefficient (Wildman–Crippen LogP) is 2.35. The van der Waals surface area contributed by atoms with E-state index in [1.807, 2.05) is 30.0 Å². The SMILES string of the molecule is COc1ccc(CN2CCNC(=O)[C@@H]2CC(=O)N2CCN(c3ccccc3C)CC2)cc1C. The fourth-order valence-electron chi connectivity index (χ4n) is 4.86. The molecule has 0 aliphatic carbocycles. The minimum Gasteiger partial charge on any atom is -0.496 e. The Labute approximate surface area is 196 Å². The predicted molar refractivity (Wildman–Crippen MR) is 130 cm³/mol. The van der Waals surface area contributed by atoms with Crippen LogP contribution >= 0.6 is 0 Å². The van der Waals surface area contributed by atoms with Crippen molar-refractivity contribution in [2.45, 2.75) is 32.9 Å². The minimum absolute atomic E-state index is 0.0531. The van der Waals surface area contributed by atoms with Crippen molar-refractivity contribution in [3.05, 3.63) is 59.2 Å².